The topological polar surface area (TPSA) is 49.9 Å². The zero-order valence-electron chi connectivity index (χ0n) is 14.0. The van der Waals surface area contributed by atoms with Gasteiger partial charge in [-0.25, -0.2) is 8.42 Å². The molecule has 0 aromatic heterocycles. The molecule has 24 heavy (non-hydrogen) atoms. The standard InChI is InChI=1S/C17H25ClN2O3S/c1-23-16-8-10-19(11-9-16)15-6-12-20(13-7-15)24(21,22)17-4-2-14(18)3-5-17/h2-5,15-16H,6-13H2,1H3. The first-order valence-corrected chi connectivity index (χ1v) is 10.3. The van der Waals surface area contributed by atoms with Crippen molar-refractivity contribution in [2.75, 3.05) is 33.3 Å². The molecule has 0 aliphatic carbocycles. The van der Waals surface area contributed by atoms with Crippen molar-refractivity contribution >= 4 is 21.6 Å². The number of likely N-dealkylation sites (tertiary alicyclic amines) is 1. The fraction of sp³-hybridized carbons (Fsp3) is 0.647. The van der Waals surface area contributed by atoms with Gasteiger partial charge in [0.05, 0.1) is 11.0 Å². The van der Waals surface area contributed by atoms with Gasteiger partial charge in [-0.15, -0.1) is 0 Å². The van der Waals surface area contributed by atoms with Gasteiger partial charge in [0.1, 0.15) is 0 Å². The predicted octanol–water partition coefficient (Wildman–Crippen LogP) is 2.60. The lowest BCUT2D eigenvalue weighted by atomic mass is 10.00. The number of methoxy groups -OCH3 is 1. The summed E-state index contributed by atoms with van der Waals surface area (Å²) in [5, 5.41) is 0.548. The summed E-state index contributed by atoms with van der Waals surface area (Å²) in [6.45, 7) is 3.26. The van der Waals surface area contributed by atoms with Crippen LogP contribution in [0.4, 0.5) is 0 Å². The Hall–Kier alpha value is -0.660. The number of sulfonamides is 1. The molecule has 0 saturated carbocycles. The van der Waals surface area contributed by atoms with Crippen LogP contribution in [0.15, 0.2) is 29.2 Å². The van der Waals surface area contributed by atoms with Crippen molar-refractivity contribution in [1.82, 2.24) is 9.21 Å². The van der Waals surface area contributed by atoms with E-state index in [0.29, 0.717) is 35.2 Å². The Balaban J connectivity index is 1.58. The Kier molecular flexibility index (Phi) is 5.82. The van der Waals surface area contributed by atoms with E-state index in [2.05, 4.69) is 4.90 Å². The zero-order chi connectivity index (χ0) is 17.2. The van der Waals surface area contributed by atoms with Crippen LogP contribution in [0.1, 0.15) is 25.7 Å². The fourth-order valence-corrected chi connectivity index (χ4v) is 5.28. The number of piperidine rings is 2. The van der Waals surface area contributed by atoms with Crippen LogP contribution in [-0.2, 0) is 14.8 Å². The van der Waals surface area contributed by atoms with E-state index >= 15 is 0 Å². The Morgan fingerprint density at radius 2 is 1.58 bits per heavy atom. The Morgan fingerprint density at radius 3 is 2.12 bits per heavy atom. The van der Waals surface area contributed by atoms with Crippen molar-refractivity contribution in [3.8, 4) is 0 Å². The minimum Gasteiger partial charge on any atom is -0.381 e. The van der Waals surface area contributed by atoms with Gasteiger partial charge in [0, 0.05) is 44.4 Å². The van der Waals surface area contributed by atoms with Crippen LogP contribution in [-0.4, -0.2) is 63.1 Å². The molecule has 0 atom stereocenters. The van der Waals surface area contributed by atoms with Crippen molar-refractivity contribution in [2.45, 2.75) is 42.7 Å². The molecule has 1 aromatic carbocycles. The molecule has 0 unspecified atom stereocenters. The second-order valence-electron chi connectivity index (χ2n) is 6.56. The zero-order valence-corrected chi connectivity index (χ0v) is 15.6. The van der Waals surface area contributed by atoms with Gasteiger partial charge in [0.25, 0.3) is 0 Å². The van der Waals surface area contributed by atoms with E-state index in [1.54, 1.807) is 35.7 Å². The maximum Gasteiger partial charge on any atom is 0.243 e. The summed E-state index contributed by atoms with van der Waals surface area (Å²) in [6.07, 6.45) is 4.31. The van der Waals surface area contributed by atoms with Crippen LogP contribution in [0.3, 0.4) is 0 Å². The minimum atomic E-state index is -3.41. The van der Waals surface area contributed by atoms with Gasteiger partial charge in [-0.3, -0.25) is 0 Å². The highest BCUT2D eigenvalue weighted by atomic mass is 35.5. The number of rotatable bonds is 4. The summed E-state index contributed by atoms with van der Waals surface area (Å²) in [5.41, 5.74) is 0. The molecular weight excluding hydrogens is 348 g/mol. The van der Waals surface area contributed by atoms with Crippen molar-refractivity contribution in [2.24, 2.45) is 0 Å². The molecule has 2 fully saturated rings. The molecule has 2 aliphatic heterocycles. The highest BCUT2D eigenvalue weighted by molar-refractivity contribution is 7.89. The normalized spacial score (nSPS) is 22.8. The second kappa shape index (κ2) is 7.70. The quantitative estimate of drug-likeness (QED) is 0.815. The van der Waals surface area contributed by atoms with Crippen LogP contribution in [0.5, 0.6) is 0 Å². The highest BCUT2D eigenvalue weighted by Crippen LogP contribution is 2.26. The molecule has 2 aliphatic rings. The largest absolute Gasteiger partial charge is 0.381 e. The molecule has 2 saturated heterocycles. The molecule has 2 heterocycles. The first-order valence-electron chi connectivity index (χ1n) is 8.53. The smallest absolute Gasteiger partial charge is 0.243 e. The minimum absolute atomic E-state index is 0.325. The first kappa shape index (κ1) is 18.1. The summed E-state index contributed by atoms with van der Waals surface area (Å²) >= 11 is 5.85. The maximum absolute atomic E-state index is 12.7. The monoisotopic (exact) mass is 372 g/mol. The number of hydrogen-bond acceptors (Lipinski definition) is 4. The molecule has 134 valence electrons. The fourth-order valence-electron chi connectivity index (χ4n) is 3.68. The van der Waals surface area contributed by atoms with Crippen LogP contribution in [0.2, 0.25) is 5.02 Å². The third-order valence-electron chi connectivity index (χ3n) is 5.20. The van der Waals surface area contributed by atoms with Gasteiger partial charge in [-0.2, -0.15) is 4.31 Å². The molecule has 5 nitrogen and oxygen atoms in total. The van der Waals surface area contributed by atoms with Gasteiger partial charge in [-0.1, -0.05) is 11.6 Å². The molecule has 0 bridgehead atoms. The van der Waals surface area contributed by atoms with Gasteiger partial charge < -0.3 is 9.64 Å². The second-order valence-corrected chi connectivity index (χ2v) is 8.93. The number of nitrogens with zero attached hydrogens (tertiary/aromatic N) is 2. The Morgan fingerprint density at radius 1 is 1.00 bits per heavy atom. The summed E-state index contributed by atoms with van der Waals surface area (Å²) < 4.78 is 32.5. The van der Waals surface area contributed by atoms with Crippen LogP contribution >= 0.6 is 11.6 Å². The van der Waals surface area contributed by atoms with E-state index in [1.807, 2.05) is 0 Å². The summed E-state index contributed by atoms with van der Waals surface area (Å²) in [5.74, 6) is 0. The Labute approximate surface area is 149 Å². The van der Waals surface area contributed by atoms with Crippen molar-refractivity contribution in [3.63, 3.8) is 0 Å². The summed E-state index contributed by atoms with van der Waals surface area (Å²) in [7, 11) is -1.63. The molecule has 7 heteroatoms. The molecule has 3 rings (SSSR count). The molecule has 0 radical (unpaired) electrons. The van der Waals surface area contributed by atoms with Gasteiger partial charge in [0.2, 0.25) is 10.0 Å². The SMILES string of the molecule is COC1CCN(C2CCN(S(=O)(=O)c3ccc(Cl)cc3)CC2)CC1. The number of hydrogen-bond donors (Lipinski definition) is 0. The van der Waals surface area contributed by atoms with E-state index in [4.69, 9.17) is 16.3 Å². The third kappa shape index (κ3) is 3.94. The van der Waals surface area contributed by atoms with Crippen molar-refractivity contribution < 1.29 is 13.2 Å². The maximum atomic E-state index is 12.7. The van der Waals surface area contributed by atoms with E-state index in [0.717, 1.165) is 38.8 Å². The first-order chi connectivity index (χ1) is 11.5. The predicted molar refractivity (Wildman–Crippen MR) is 94.8 cm³/mol. The Bertz CT molecular complexity index is 634. The number of ether oxygens (including phenoxy) is 1. The third-order valence-corrected chi connectivity index (χ3v) is 7.37. The van der Waals surface area contributed by atoms with Crippen LogP contribution < -0.4 is 0 Å². The number of halogens is 1. The van der Waals surface area contributed by atoms with Crippen molar-refractivity contribution in [1.29, 1.82) is 0 Å². The molecule has 0 amide bonds. The lowest BCUT2D eigenvalue weighted by molar-refractivity contribution is 0.0190. The van der Waals surface area contributed by atoms with Gasteiger partial charge >= 0.3 is 0 Å². The van der Waals surface area contributed by atoms with Gasteiger partial charge in [-0.05, 0) is 49.9 Å². The van der Waals surface area contributed by atoms with E-state index < -0.39 is 10.0 Å². The molecule has 1 aromatic rings. The molecule has 0 spiro atoms. The average Bonchev–Trinajstić information content (AvgIpc) is 2.62. The van der Waals surface area contributed by atoms with Crippen molar-refractivity contribution in [3.05, 3.63) is 29.3 Å². The van der Waals surface area contributed by atoms with Gasteiger partial charge in [0.15, 0.2) is 0 Å². The van der Waals surface area contributed by atoms with Crippen LogP contribution in [0.25, 0.3) is 0 Å². The lowest BCUT2D eigenvalue weighted by Gasteiger charge is -2.41. The highest BCUT2D eigenvalue weighted by Gasteiger charge is 2.33. The average molecular weight is 373 g/mol. The lowest BCUT2D eigenvalue weighted by Crippen LogP contribution is -2.49. The van der Waals surface area contributed by atoms with E-state index in [-0.39, 0.29) is 0 Å². The number of benzene rings is 1. The van der Waals surface area contributed by atoms with E-state index in [1.165, 1.54) is 0 Å². The summed E-state index contributed by atoms with van der Waals surface area (Å²) in [6, 6.07) is 6.90. The molecule has 0 N–H and O–H groups in total. The van der Waals surface area contributed by atoms with Crippen LogP contribution in [0, 0.1) is 0 Å². The summed E-state index contributed by atoms with van der Waals surface area (Å²) in [4.78, 5) is 2.83. The van der Waals surface area contributed by atoms with E-state index in [9.17, 15) is 8.42 Å². The molecular formula is C17H25ClN2O3S.